The molecule has 5 heteroatoms. The fourth-order valence-electron chi connectivity index (χ4n) is 1.98. The standard InChI is InChI=1S/C14H14BrN3S/c1-8-14(19-10(3)17-8)9(2)18-13-5-4-12(15)6-11(13)7-16/h4-6,9,18H,1-3H3. The number of nitrogens with zero attached hydrogens (tertiary/aromatic N) is 2. The Kier molecular flexibility index (Phi) is 4.23. The summed E-state index contributed by atoms with van der Waals surface area (Å²) in [5, 5.41) is 13.6. The molecule has 0 fully saturated rings. The predicted molar refractivity (Wildman–Crippen MR) is 82.5 cm³/mol. The zero-order valence-electron chi connectivity index (χ0n) is 11.0. The number of hydrogen-bond acceptors (Lipinski definition) is 4. The van der Waals surface area contributed by atoms with Crippen molar-refractivity contribution in [3.63, 3.8) is 0 Å². The van der Waals surface area contributed by atoms with E-state index in [1.807, 2.05) is 32.0 Å². The summed E-state index contributed by atoms with van der Waals surface area (Å²) in [7, 11) is 0. The number of rotatable bonds is 3. The van der Waals surface area contributed by atoms with E-state index < -0.39 is 0 Å². The fourth-order valence-corrected chi connectivity index (χ4v) is 3.27. The Labute approximate surface area is 125 Å². The molecule has 0 aliphatic heterocycles. The Balaban J connectivity index is 2.27. The normalized spacial score (nSPS) is 11.9. The van der Waals surface area contributed by atoms with E-state index in [9.17, 15) is 0 Å². The van der Waals surface area contributed by atoms with Gasteiger partial charge in [-0.2, -0.15) is 5.26 Å². The maximum absolute atomic E-state index is 9.16. The van der Waals surface area contributed by atoms with Gasteiger partial charge in [0.05, 0.1) is 28.0 Å². The van der Waals surface area contributed by atoms with Crippen LogP contribution in [-0.2, 0) is 0 Å². The van der Waals surface area contributed by atoms with Gasteiger partial charge in [0.15, 0.2) is 0 Å². The van der Waals surface area contributed by atoms with E-state index in [4.69, 9.17) is 5.26 Å². The van der Waals surface area contributed by atoms with Crippen molar-refractivity contribution in [3.05, 3.63) is 43.8 Å². The average molecular weight is 336 g/mol. The number of anilines is 1. The van der Waals surface area contributed by atoms with Gasteiger partial charge >= 0.3 is 0 Å². The summed E-state index contributed by atoms with van der Waals surface area (Å²) in [6, 6.07) is 8.02. The summed E-state index contributed by atoms with van der Waals surface area (Å²) < 4.78 is 0.909. The van der Waals surface area contributed by atoms with E-state index in [2.05, 4.69) is 39.2 Å². The van der Waals surface area contributed by atoms with E-state index in [0.29, 0.717) is 5.56 Å². The van der Waals surface area contributed by atoms with Crippen LogP contribution in [0.25, 0.3) is 0 Å². The predicted octanol–water partition coefficient (Wildman–Crippen LogP) is 4.57. The number of benzene rings is 1. The molecule has 98 valence electrons. The first-order valence-corrected chi connectivity index (χ1v) is 7.52. The van der Waals surface area contributed by atoms with Gasteiger partial charge in [0.1, 0.15) is 6.07 Å². The lowest BCUT2D eigenvalue weighted by Crippen LogP contribution is -2.07. The lowest BCUT2D eigenvalue weighted by Gasteiger charge is -2.15. The summed E-state index contributed by atoms with van der Waals surface area (Å²) in [6.07, 6.45) is 0. The SMILES string of the molecule is Cc1nc(C)c(C(C)Nc2ccc(Br)cc2C#N)s1. The molecular formula is C14H14BrN3S. The van der Waals surface area contributed by atoms with E-state index in [-0.39, 0.29) is 6.04 Å². The number of aryl methyl sites for hydroxylation is 2. The molecule has 0 amide bonds. The molecule has 1 heterocycles. The third-order valence-corrected chi connectivity index (χ3v) is 4.56. The third kappa shape index (κ3) is 3.14. The van der Waals surface area contributed by atoms with Crippen molar-refractivity contribution >= 4 is 33.0 Å². The minimum absolute atomic E-state index is 0.138. The lowest BCUT2D eigenvalue weighted by molar-refractivity contribution is 0.889. The third-order valence-electron chi connectivity index (χ3n) is 2.81. The van der Waals surface area contributed by atoms with Crippen molar-refractivity contribution in [3.8, 4) is 6.07 Å². The minimum atomic E-state index is 0.138. The van der Waals surface area contributed by atoms with Crippen molar-refractivity contribution in [2.75, 3.05) is 5.32 Å². The summed E-state index contributed by atoms with van der Waals surface area (Å²) in [5.41, 5.74) is 2.54. The maximum Gasteiger partial charge on any atom is 0.101 e. The molecule has 0 saturated carbocycles. The largest absolute Gasteiger partial charge is 0.377 e. The van der Waals surface area contributed by atoms with E-state index >= 15 is 0 Å². The van der Waals surface area contributed by atoms with Crippen LogP contribution in [0.4, 0.5) is 5.69 Å². The van der Waals surface area contributed by atoms with Crippen LogP contribution >= 0.6 is 27.3 Å². The van der Waals surface area contributed by atoms with Gasteiger partial charge in [-0.15, -0.1) is 11.3 Å². The van der Waals surface area contributed by atoms with Crippen molar-refractivity contribution in [2.24, 2.45) is 0 Å². The van der Waals surface area contributed by atoms with Crippen molar-refractivity contribution < 1.29 is 0 Å². The quantitative estimate of drug-likeness (QED) is 0.893. The summed E-state index contributed by atoms with van der Waals surface area (Å²) >= 11 is 5.07. The Hall–Kier alpha value is -1.38. The first-order chi connectivity index (χ1) is 9.01. The molecule has 1 aromatic carbocycles. The Morgan fingerprint density at radius 3 is 2.74 bits per heavy atom. The summed E-state index contributed by atoms with van der Waals surface area (Å²) in [4.78, 5) is 5.65. The van der Waals surface area contributed by atoms with E-state index in [1.165, 1.54) is 4.88 Å². The molecule has 0 spiro atoms. The van der Waals surface area contributed by atoms with Gasteiger partial charge < -0.3 is 5.32 Å². The van der Waals surface area contributed by atoms with Gasteiger partial charge in [0.2, 0.25) is 0 Å². The molecule has 0 radical (unpaired) electrons. The van der Waals surface area contributed by atoms with Crippen LogP contribution in [0.2, 0.25) is 0 Å². The van der Waals surface area contributed by atoms with E-state index in [0.717, 1.165) is 20.9 Å². The highest BCUT2D eigenvalue weighted by molar-refractivity contribution is 9.10. The number of nitriles is 1. The Morgan fingerprint density at radius 2 is 2.16 bits per heavy atom. The van der Waals surface area contributed by atoms with Crippen LogP contribution in [0.5, 0.6) is 0 Å². The second-order valence-electron chi connectivity index (χ2n) is 4.35. The maximum atomic E-state index is 9.16. The highest BCUT2D eigenvalue weighted by Crippen LogP contribution is 2.29. The van der Waals surface area contributed by atoms with Gasteiger partial charge in [0.25, 0.3) is 0 Å². The van der Waals surface area contributed by atoms with Crippen LogP contribution in [0.3, 0.4) is 0 Å². The summed E-state index contributed by atoms with van der Waals surface area (Å²) in [6.45, 7) is 6.11. The number of halogens is 1. The molecule has 0 bridgehead atoms. The molecule has 1 aromatic heterocycles. The average Bonchev–Trinajstić information content (AvgIpc) is 2.70. The van der Waals surface area contributed by atoms with Crippen LogP contribution in [-0.4, -0.2) is 4.98 Å². The van der Waals surface area contributed by atoms with Crippen LogP contribution in [0.1, 0.15) is 34.1 Å². The van der Waals surface area contributed by atoms with Crippen molar-refractivity contribution in [1.29, 1.82) is 5.26 Å². The highest BCUT2D eigenvalue weighted by atomic mass is 79.9. The van der Waals surface area contributed by atoms with Gasteiger partial charge in [-0.05, 0) is 39.0 Å². The highest BCUT2D eigenvalue weighted by Gasteiger charge is 2.14. The molecule has 1 atom stereocenters. The molecule has 0 saturated heterocycles. The topological polar surface area (TPSA) is 48.7 Å². The number of aromatic nitrogens is 1. The molecule has 2 aromatic rings. The molecule has 2 rings (SSSR count). The first kappa shape index (κ1) is 14.0. The number of nitrogens with one attached hydrogen (secondary N) is 1. The van der Waals surface area contributed by atoms with Gasteiger partial charge in [0, 0.05) is 9.35 Å². The molecule has 19 heavy (non-hydrogen) atoms. The number of thiazole rings is 1. The van der Waals surface area contributed by atoms with Crippen molar-refractivity contribution in [1.82, 2.24) is 4.98 Å². The molecule has 1 unspecified atom stereocenters. The van der Waals surface area contributed by atoms with Gasteiger partial charge in [-0.3, -0.25) is 0 Å². The lowest BCUT2D eigenvalue weighted by atomic mass is 10.1. The zero-order chi connectivity index (χ0) is 14.0. The zero-order valence-corrected chi connectivity index (χ0v) is 13.4. The second-order valence-corrected chi connectivity index (χ2v) is 6.50. The van der Waals surface area contributed by atoms with Crippen LogP contribution in [0.15, 0.2) is 22.7 Å². The Morgan fingerprint density at radius 1 is 1.42 bits per heavy atom. The molecule has 1 N–H and O–H groups in total. The summed E-state index contributed by atoms with van der Waals surface area (Å²) in [5.74, 6) is 0. The minimum Gasteiger partial charge on any atom is -0.377 e. The van der Waals surface area contributed by atoms with Gasteiger partial charge in [-0.25, -0.2) is 4.98 Å². The first-order valence-electron chi connectivity index (χ1n) is 5.91. The molecular weight excluding hydrogens is 322 g/mol. The second kappa shape index (κ2) is 5.72. The van der Waals surface area contributed by atoms with E-state index in [1.54, 1.807) is 11.3 Å². The van der Waals surface area contributed by atoms with Crippen LogP contribution < -0.4 is 5.32 Å². The molecule has 3 nitrogen and oxygen atoms in total. The fraction of sp³-hybridized carbons (Fsp3) is 0.286. The smallest absolute Gasteiger partial charge is 0.101 e. The van der Waals surface area contributed by atoms with Crippen LogP contribution in [0, 0.1) is 25.2 Å². The van der Waals surface area contributed by atoms with Crippen molar-refractivity contribution in [2.45, 2.75) is 26.8 Å². The monoisotopic (exact) mass is 335 g/mol. The molecule has 0 aliphatic rings. The van der Waals surface area contributed by atoms with Gasteiger partial charge in [-0.1, -0.05) is 15.9 Å². The molecule has 0 aliphatic carbocycles. The Bertz CT molecular complexity index is 643. The number of hydrogen-bond donors (Lipinski definition) is 1.